The van der Waals surface area contributed by atoms with Crippen LogP contribution in [-0.4, -0.2) is 5.16 Å². The van der Waals surface area contributed by atoms with Gasteiger partial charge in [-0.1, -0.05) is 137 Å². The van der Waals surface area contributed by atoms with E-state index >= 15 is 0 Å². The van der Waals surface area contributed by atoms with Crippen molar-refractivity contribution in [1.29, 1.82) is 0 Å². The molecule has 35 heavy (non-hydrogen) atoms. The molecule has 2 heteroatoms. The van der Waals surface area contributed by atoms with Gasteiger partial charge in [0.1, 0.15) is 5.76 Å². The molecule has 0 saturated carbocycles. The van der Waals surface area contributed by atoms with Crippen LogP contribution in [0, 0.1) is 0 Å². The number of hydrogen-bond donors (Lipinski definition) is 0. The highest BCUT2D eigenvalue weighted by Crippen LogP contribution is 2.21. The molecular weight excluding hydrogens is 426 g/mol. The summed E-state index contributed by atoms with van der Waals surface area (Å²) >= 11 is 0. The van der Waals surface area contributed by atoms with E-state index in [1.807, 2.05) is 6.07 Å². The van der Waals surface area contributed by atoms with Crippen molar-refractivity contribution < 1.29 is 4.52 Å². The molecular formula is C33H51NO. The second kappa shape index (κ2) is 14.9. The second-order valence-corrected chi connectivity index (χ2v) is 11.4. The lowest BCUT2D eigenvalue weighted by Gasteiger charge is -2.09. The SMILES string of the molecule is CC(C)c1cc(C(C)C)on1.CC(C)c1ccc(C(C)C)cc1.CC(C)c1cccc(C(C)C)c1. The summed E-state index contributed by atoms with van der Waals surface area (Å²) in [6.07, 6.45) is 0. The van der Waals surface area contributed by atoms with Gasteiger partial charge in [-0.15, -0.1) is 0 Å². The average Bonchev–Trinajstić information content (AvgIpc) is 3.31. The van der Waals surface area contributed by atoms with Gasteiger partial charge in [-0.3, -0.25) is 0 Å². The quantitative estimate of drug-likeness (QED) is 0.353. The van der Waals surface area contributed by atoms with E-state index in [1.165, 1.54) is 22.3 Å². The first-order valence-corrected chi connectivity index (χ1v) is 13.5. The first-order chi connectivity index (χ1) is 16.3. The topological polar surface area (TPSA) is 26.0 Å². The van der Waals surface area contributed by atoms with Gasteiger partial charge in [-0.2, -0.15) is 0 Å². The summed E-state index contributed by atoms with van der Waals surface area (Å²) in [6.45, 7) is 26.3. The zero-order valence-electron chi connectivity index (χ0n) is 24.5. The smallest absolute Gasteiger partial charge is 0.139 e. The minimum Gasteiger partial charge on any atom is -0.361 e. The van der Waals surface area contributed by atoms with Crippen LogP contribution in [0.1, 0.15) is 152 Å². The molecule has 0 fully saturated rings. The van der Waals surface area contributed by atoms with Crippen LogP contribution in [0.15, 0.2) is 59.1 Å². The van der Waals surface area contributed by atoms with Gasteiger partial charge in [0.2, 0.25) is 0 Å². The van der Waals surface area contributed by atoms with Crippen molar-refractivity contribution in [2.24, 2.45) is 0 Å². The van der Waals surface area contributed by atoms with Gasteiger partial charge in [0, 0.05) is 12.0 Å². The number of hydrogen-bond acceptors (Lipinski definition) is 2. The van der Waals surface area contributed by atoms with Crippen molar-refractivity contribution in [3.63, 3.8) is 0 Å². The van der Waals surface area contributed by atoms with E-state index in [-0.39, 0.29) is 0 Å². The maximum Gasteiger partial charge on any atom is 0.139 e. The van der Waals surface area contributed by atoms with Crippen LogP contribution in [-0.2, 0) is 0 Å². The standard InChI is InChI=1S/2C12H18.C9H15NO/c1-9(2)11-5-7-12(8-6-11)10(3)4;1-9(2)11-6-5-7-12(8-11)10(3)4;1-6(2)8-5-9(7(3)4)11-10-8/h2*5-10H,1-4H3;5-7H,1-4H3. The molecule has 1 aromatic heterocycles. The third kappa shape index (κ3) is 10.8. The molecule has 0 saturated heterocycles. The first-order valence-electron chi connectivity index (χ1n) is 13.5. The first kappa shape index (κ1) is 30.7. The summed E-state index contributed by atoms with van der Waals surface area (Å²) in [6, 6.07) is 19.9. The van der Waals surface area contributed by atoms with Crippen LogP contribution in [0.25, 0.3) is 0 Å². The van der Waals surface area contributed by atoms with E-state index in [2.05, 4.69) is 137 Å². The van der Waals surface area contributed by atoms with Gasteiger partial charge in [-0.25, -0.2) is 0 Å². The Morgan fingerprint density at radius 1 is 0.457 bits per heavy atom. The zero-order chi connectivity index (χ0) is 26.7. The Hall–Kier alpha value is -2.35. The largest absolute Gasteiger partial charge is 0.361 e. The molecule has 194 valence electrons. The van der Waals surface area contributed by atoms with Crippen molar-refractivity contribution in [2.45, 2.75) is 119 Å². The molecule has 2 nitrogen and oxygen atoms in total. The second-order valence-electron chi connectivity index (χ2n) is 11.4. The molecule has 3 aromatic rings. The number of benzene rings is 2. The molecule has 0 N–H and O–H groups in total. The number of rotatable bonds is 6. The maximum absolute atomic E-state index is 5.14. The summed E-state index contributed by atoms with van der Waals surface area (Å²) in [5, 5.41) is 3.96. The molecule has 0 aliphatic carbocycles. The zero-order valence-corrected chi connectivity index (χ0v) is 24.5. The van der Waals surface area contributed by atoms with Gasteiger partial charge in [0.15, 0.2) is 0 Å². The highest BCUT2D eigenvalue weighted by Gasteiger charge is 2.09. The minimum absolute atomic E-state index is 0.440. The predicted molar refractivity (Wildman–Crippen MR) is 154 cm³/mol. The minimum atomic E-state index is 0.440. The molecule has 2 aromatic carbocycles. The van der Waals surface area contributed by atoms with Gasteiger partial charge in [0.05, 0.1) is 5.69 Å². The highest BCUT2D eigenvalue weighted by molar-refractivity contribution is 5.28. The number of aromatic nitrogens is 1. The van der Waals surface area contributed by atoms with E-state index in [0.29, 0.717) is 35.5 Å². The molecule has 0 radical (unpaired) electrons. The van der Waals surface area contributed by atoms with Gasteiger partial charge < -0.3 is 4.52 Å². The van der Waals surface area contributed by atoms with Crippen molar-refractivity contribution in [2.75, 3.05) is 0 Å². The molecule has 3 rings (SSSR count). The van der Waals surface area contributed by atoms with Gasteiger partial charge >= 0.3 is 0 Å². The van der Waals surface area contributed by atoms with Crippen LogP contribution in [0.3, 0.4) is 0 Å². The van der Waals surface area contributed by atoms with Crippen LogP contribution < -0.4 is 0 Å². The fraction of sp³-hybridized carbons (Fsp3) is 0.545. The van der Waals surface area contributed by atoms with E-state index in [0.717, 1.165) is 11.5 Å². The Morgan fingerprint density at radius 2 is 0.857 bits per heavy atom. The fourth-order valence-electron chi connectivity index (χ4n) is 3.39. The van der Waals surface area contributed by atoms with Crippen LogP contribution >= 0.6 is 0 Å². The summed E-state index contributed by atoms with van der Waals surface area (Å²) in [5.74, 6) is 4.46. The Morgan fingerprint density at radius 3 is 1.11 bits per heavy atom. The molecule has 0 spiro atoms. The number of nitrogens with zero attached hydrogens (tertiary/aromatic N) is 1. The lowest BCUT2D eigenvalue weighted by Crippen LogP contribution is -1.91. The lowest BCUT2D eigenvalue weighted by atomic mass is 9.96. The summed E-state index contributed by atoms with van der Waals surface area (Å²) in [5.41, 5.74) is 6.80. The average molecular weight is 478 g/mol. The van der Waals surface area contributed by atoms with Crippen LogP contribution in [0.2, 0.25) is 0 Å². The fourth-order valence-corrected chi connectivity index (χ4v) is 3.39. The Balaban J connectivity index is 0.000000263. The molecule has 0 bridgehead atoms. The molecule has 0 amide bonds. The van der Waals surface area contributed by atoms with Gasteiger partial charge in [0.25, 0.3) is 0 Å². The monoisotopic (exact) mass is 477 g/mol. The molecule has 0 unspecified atom stereocenters. The van der Waals surface area contributed by atoms with Gasteiger partial charge in [-0.05, 0) is 51.8 Å². The summed E-state index contributed by atoms with van der Waals surface area (Å²) in [7, 11) is 0. The predicted octanol–water partition coefficient (Wildman–Crippen LogP) is 10.8. The Labute approximate surface area is 216 Å². The van der Waals surface area contributed by atoms with E-state index in [9.17, 15) is 0 Å². The maximum atomic E-state index is 5.14. The van der Waals surface area contributed by atoms with E-state index in [1.54, 1.807) is 0 Å². The highest BCUT2D eigenvalue weighted by atomic mass is 16.5. The Kier molecular flexibility index (Phi) is 13.1. The molecule has 0 aliphatic heterocycles. The molecule has 0 atom stereocenters. The molecule has 1 heterocycles. The van der Waals surface area contributed by atoms with E-state index in [4.69, 9.17) is 4.52 Å². The third-order valence-electron chi connectivity index (χ3n) is 6.22. The summed E-state index contributed by atoms with van der Waals surface area (Å²) in [4.78, 5) is 0. The third-order valence-corrected chi connectivity index (χ3v) is 6.22. The normalized spacial score (nSPS) is 11.3. The van der Waals surface area contributed by atoms with Crippen LogP contribution in [0.4, 0.5) is 0 Å². The Bertz CT molecular complexity index is 886. The van der Waals surface area contributed by atoms with Crippen molar-refractivity contribution in [3.05, 3.63) is 88.3 Å². The van der Waals surface area contributed by atoms with Crippen molar-refractivity contribution in [1.82, 2.24) is 5.16 Å². The van der Waals surface area contributed by atoms with Crippen molar-refractivity contribution in [3.8, 4) is 0 Å². The molecule has 0 aliphatic rings. The summed E-state index contributed by atoms with van der Waals surface area (Å²) < 4.78 is 5.14. The lowest BCUT2D eigenvalue weighted by molar-refractivity contribution is 0.363. The van der Waals surface area contributed by atoms with E-state index < -0.39 is 0 Å². The van der Waals surface area contributed by atoms with Crippen LogP contribution in [0.5, 0.6) is 0 Å². The van der Waals surface area contributed by atoms with Crippen molar-refractivity contribution >= 4 is 0 Å².